The minimum atomic E-state index is 0.0267. The van der Waals surface area contributed by atoms with Crippen molar-refractivity contribution in [2.24, 2.45) is 0 Å². The summed E-state index contributed by atoms with van der Waals surface area (Å²) in [5, 5.41) is 6.08. The number of thiazole rings is 1. The Morgan fingerprint density at radius 3 is 2.61 bits per heavy atom. The van der Waals surface area contributed by atoms with Crippen LogP contribution in [0.2, 0.25) is 0 Å². The lowest BCUT2D eigenvalue weighted by Gasteiger charge is -2.33. The summed E-state index contributed by atoms with van der Waals surface area (Å²) in [5.41, 5.74) is 1.72. The van der Waals surface area contributed by atoms with Crippen LogP contribution in [0.15, 0.2) is 56.9 Å². The topological polar surface area (TPSA) is 61.6 Å². The minimum absolute atomic E-state index is 0.0267. The number of furan rings is 1. The first-order valence-corrected chi connectivity index (χ1v) is 10.8. The van der Waals surface area contributed by atoms with E-state index in [2.05, 4.69) is 36.0 Å². The number of rotatable bonds is 6. The second kappa shape index (κ2) is 9.00. The number of anilines is 1. The molecule has 28 heavy (non-hydrogen) atoms. The van der Waals surface area contributed by atoms with Gasteiger partial charge in [0.25, 0.3) is 0 Å². The van der Waals surface area contributed by atoms with Gasteiger partial charge in [0.05, 0.1) is 19.4 Å². The van der Waals surface area contributed by atoms with Crippen LogP contribution in [0, 0.1) is 0 Å². The number of hydrogen-bond acceptors (Lipinski definition) is 6. The molecule has 1 fully saturated rings. The smallest absolute Gasteiger partial charge is 0.238 e. The van der Waals surface area contributed by atoms with Gasteiger partial charge in [-0.25, -0.2) is 4.98 Å². The van der Waals surface area contributed by atoms with Crippen molar-refractivity contribution in [3.63, 3.8) is 0 Å². The molecule has 1 aromatic carbocycles. The highest BCUT2D eigenvalue weighted by Crippen LogP contribution is 2.23. The molecule has 6 nitrogen and oxygen atoms in total. The molecule has 1 saturated heterocycles. The SMILES string of the molecule is O=C(CN1CCN(Cc2nc(-c3ccco3)cs2)CC1)Nc1ccc(Br)cc1. The zero-order chi connectivity index (χ0) is 19.3. The summed E-state index contributed by atoms with van der Waals surface area (Å²) < 4.78 is 6.40. The van der Waals surface area contributed by atoms with E-state index in [1.165, 1.54) is 0 Å². The maximum Gasteiger partial charge on any atom is 0.238 e. The zero-order valence-electron chi connectivity index (χ0n) is 15.3. The standard InChI is InChI=1S/C20H21BrN4O2S/c21-15-3-5-16(6-4-15)22-19(26)12-24-7-9-25(10-8-24)13-20-23-17(14-28-20)18-2-1-11-27-18/h1-6,11,14H,7-10,12-13H2,(H,22,26). The summed E-state index contributed by atoms with van der Waals surface area (Å²) in [4.78, 5) is 21.5. The van der Waals surface area contributed by atoms with Crippen molar-refractivity contribution < 1.29 is 9.21 Å². The van der Waals surface area contributed by atoms with E-state index in [1.807, 2.05) is 41.8 Å². The van der Waals surface area contributed by atoms with Crippen LogP contribution >= 0.6 is 27.3 Å². The summed E-state index contributed by atoms with van der Waals surface area (Å²) in [5.74, 6) is 0.836. The third-order valence-corrected chi connectivity index (χ3v) is 6.01. The van der Waals surface area contributed by atoms with Gasteiger partial charge in [-0.15, -0.1) is 11.3 Å². The van der Waals surface area contributed by atoms with Gasteiger partial charge in [-0.3, -0.25) is 14.6 Å². The number of carbonyl (C=O) groups is 1. The van der Waals surface area contributed by atoms with E-state index >= 15 is 0 Å². The first-order chi connectivity index (χ1) is 13.7. The Balaban J connectivity index is 1.22. The number of benzene rings is 1. The Kier molecular flexibility index (Phi) is 6.21. The molecule has 0 saturated carbocycles. The Morgan fingerprint density at radius 1 is 1.14 bits per heavy atom. The molecule has 0 aliphatic carbocycles. The maximum atomic E-state index is 12.3. The van der Waals surface area contributed by atoms with Crippen LogP contribution in [-0.4, -0.2) is 53.4 Å². The predicted octanol–water partition coefficient (Wildman–Crippen LogP) is 3.92. The molecule has 0 spiro atoms. The number of amides is 1. The van der Waals surface area contributed by atoms with E-state index in [1.54, 1.807) is 17.6 Å². The molecule has 0 radical (unpaired) electrons. The second-order valence-corrected chi connectivity index (χ2v) is 8.57. The van der Waals surface area contributed by atoms with Crippen molar-refractivity contribution in [1.82, 2.24) is 14.8 Å². The average Bonchev–Trinajstić information content (AvgIpc) is 3.37. The third kappa shape index (κ3) is 5.08. The van der Waals surface area contributed by atoms with Gasteiger partial charge in [-0.05, 0) is 36.4 Å². The number of piperazine rings is 1. The van der Waals surface area contributed by atoms with Gasteiger partial charge >= 0.3 is 0 Å². The van der Waals surface area contributed by atoms with Crippen LogP contribution in [0.4, 0.5) is 5.69 Å². The summed E-state index contributed by atoms with van der Waals surface area (Å²) >= 11 is 5.06. The van der Waals surface area contributed by atoms with E-state index < -0.39 is 0 Å². The van der Waals surface area contributed by atoms with E-state index in [0.717, 1.165) is 59.3 Å². The second-order valence-electron chi connectivity index (χ2n) is 6.71. The van der Waals surface area contributed by atoms with E-state index in [4.69, 9.17) is 4.42 Å². The average molecular weight is 461 g/mol. The Hall–Kier alpha value is -2.00. The number of nitrogens with one attached hydrogen (secondary N) is 1. The fraction of sp³-hybridized carbons (Fsp3) is 0.300. The van der Waals surface area contributed by atoms with Gasteiger partial charge in [0.1, 0.15) is 10.7 Å². The van der Waals surface area contributed by atoms with Crippen LogP contribution in [0.5, 0.6) is 0 Å². The number of hydrogen-bond donors (Lipinski definition) is 1. The molecule has 1 N–H and O–H groups in total. The van der Waals surface area contributed by atoms with Gasteiger partial charge in [0.2, 0.25) is 5.91 Å². The molecule has 0 atom stereocenters. The van der Waals surface area contributed by atoms with Gasteiger partial charge < -0.3 is 9.73 Å². The van der Waals surface area contributed by atoms with Crippen molar-refractivity contribution in [3.8, 4) is 11.5 Å². The molecule has 8 heteroatoms. The number of carbonyl (C=O) groups excluding carboxylic acids is 1. The molecule has 1 aliphatic rings. The van der Waals surface area contributed by atoms with E-state index in [0.29, 0.717) is 6.54 Å². The summed E-state index contributed by atoms with van der Waals surface area (Å²) in [7, 11) is 0. The lowest BCUT2D eigenvalue weighted by atomic mass is 10.3. The van der Waals surface area contributed by atoms with Crippen molar-refractivity contribution in [2.45, 2.75) is 6.54 Å². The summed E-state index contributed by atoms with van der Waals surface area (Å²) in [6.45, 7) is 4.88. The number of aromatic nitrogens is 1. The normalized spacial score (nSPS) is 15.6. The monoisotopic (exact) mass is 460 g/mol. The molecule has 4 rings (SSSR count). The predicted molar refractivity (Wildman–Crippen MR) is 114 cm³/mol. The molecule has 1 aliphatic heterocycles. The summed E-state index contributed by atoms with van der Waals surface area (Å²) in [6, 6.07) is 11.4. The van der Waals surface area contributed by atoms with Crippen molar-refractivity contribution in [3.05, 3.63) is 57.5 Å². The lowest BCUT2D eigenvalue weighted by molar-refractivity contribution is -0.117. The fourth-order valence-corrected chi connectivity index (χ4v) is 4.24. The molecular formula is C20H21BrN4O2S. The maximum absolute atomic E-state index is 12.3. The highest BCUT2D eigenvalue weighted by Gasteiger charge is 2.20. The van der Waals surface area contributed by atoms with Crippen LogP contribution in [0.1, 0.15) is 5.01 Å². The summed E-state index contributed by atoms with van der Waals surface area (Å²) in [6.07, 6.45) is 1.67. The van der Waals surface area contributed by atoms with Crippen molar-refractivity contribution in [1.29, 1.82) is 0 Å². The third-order valence-electron chi connectivity index (χ3n) is 4.64. The van der Waals surface area contributed by atoms with E-state index in [-0.39, 0.29) is 5.91 Å². The number of halogens is 1. The van der Waals surface area contributed by atoms with E-state index in [9.17, 15) is 4.79 Å². The highest BCUT2D eigenvalue weighted by molar-refractivity contribution is 9.10. The molecule has 1 amide bonds. The molecule has 146 valence electrons. The Labute approximate surface area is 176 Å². The van der Waals surface area contributed by atoms with Gasteiger partial charge in [-0.1, -0.05) is 15.9 Å². The Morgan fingerprint density at radius 2 is 1.89 bits per heavy atom. The molecule has 3 aromatic rings. The molecule has 3 heterocycles. The van der Waals surface area contributed by atoms with Gasteiger partial charge in [0, 0.05) is 41.7 Å². The molecule has 2 aromatic heterocycles. The largest absolute Gasteiger partial charge is 0.463 e. The fourth-order valence-electron chi connectivity index (χ4n) is 3.15. The minimum Gasteiger partial charge on any atom is -0.463 e. The van der Waals surface area contributed by atoms with Crippen molar-refractivity contribution >= 4 is 38.9 Å². The van der Waals surface area contributed by atoms with Gasteiger partial charge in [0.15, 0.2) is 5.76 Å². The van der Waals surface area contributed by atoms with Crippen molar-refractivity contribution in [2.75, 3.05) is 38.0 Å². The van der Waals surface area contributed by atoms with Gasteiger partial charge in [-0.2, -0.15) is 0 Å². The van der Waals surface area contributed by atoms with Crippen LogP contribution in [0.25, 0.3) is 11.5 Å². The number of nitrogens with zero attached hydrogens (tertiary/aromatic N) is 3. The molecule has 0 unspecified atom stereocenters. The zero-order valence-corrected chi connectivity index (χ0v) is 17.7. The lowest BCUT2D eigenvalue weighted by Crippen LogP contribution is -2.48. The highest BCUT2D eigenvalue weighted by atomic mass is 79.9. The molecular weight excluding hydrogens is 440 g/mol. The van der Waals surface area contributed by atoms with Crippen LogP contribution in [-0.2, 0) is 11.3 Å². The first kappa shape index (κ1) is 19.3. The molecule has 0 bridgehead atoms. The Bertz CT molecular complexity index is 903. The quantitative estimate of drug-likeness (QED) is 0.603. The van der Waals surface area contributed by atoms with Crippen LogP contribution in [0.3, 0.4) is 0 Å². The van der Waals surface area contributed by atoms with Crippen LogP contribution < -0.4 is 5.32 Å². The first-order valence-electron chi connectivity index (χ1n) is 9.14.